The van der Waals surface area contributed by atoms with Gasteiger partial charge in [-0.15, -0.1) is 0 Å². The SMILES string of the molecule is O=C1CCC=CC1C1CCN(C(=O)Cc2ccc(C(F)(F)F)cc2)CC1. The molecule has 140 valence electrons. The minimum atomic E-state index is -4.37. The van der Waals surface area contributed by atoms with E-state index in [4.69, 9.17) is 0 Å². The lowest BCUT2D eigenvalue weighted by molar-refractivity contribution is -0.137. The first-order chi connectivity index (χ1) is 12.3. The molecular formula is C20H22F3NO2. The number of amides is 1. The summed E-state index contributed by atoms with van der Waals surface area (Å²) in [6, 6.07) is 4.74. The van der Waals surface area contributed by atoms with E-state index in [1.54, 1.807) is 4.90 Å². The summed E-state index contributed by atoms with van der Waals surface area (Å²) in [4.78, 5) is 26.2. The lowest BCUT2D eigenvalue weighted by atomic mass is 9.78. The number of allylic oxidation sites excluding steroid dienone is 2. The highest BCUT2D eigenvalue weighted by molar-refractivity contribution is 5.84. The van der Waals surface area contributed by atoms with Gasteiger partial charge in [-0.05, 0) is 42.9 Å². The van der Waals surface area contributed by atoms with Crippen molar-refractivity contribution in [2.75, 3.05) is 13.1 Å². The Kier molecular flexibility index (Phi) is 5.49. The number of halogens is 3. The predicted octanol–water partition coefficient (Wildman–Crippen LogP) is 4.02. The van der Waals surface area contributed by atoms with Crippen molar-refractivity contribution in [1.82, 2.24) is 4.90 Å². The van der Waals surface area contributed by atoms with Crippen LogP contribution in [0.3, 0.4) is 0 Å². The van der Waals surface area contributed by atoms with Gasteiger partial charge in [0.2, 0.25) is 5.91 Å². The van der Waals surface area contributed by atoms with Crippen molar-refractivity contribution in [1.29, 1.82) is 0 Å². The van der Waals surface area contributed by atoms with Crippen LogP contribution in [-0.2, 0) is 22.2 Å². The van der Waals surface area contributed by atoms with Gasteiger partial charge in [-0.3, -0.25) is 9.59 Å². The molecule has 2 aliphatic rings. The molecule has 1 aliphatic heterocycles. The number of nitrogens with zero attached hydrogens (tertiary/aromatic N) is 1. The molecule has 1 aromatic carbocycles. The van der Waals surface area contributed by atoms with Crippen LogP contribution in [0.4, 0.5) is 13.2 Å². The zero-order valence-electron chi connectivity index (χ0n) is 14.5. The van der Waals surface area contributed by atoms with Gasteiger partial charge < -0.3 is 4.90 Å². The Labute approximate surface area is 150 Å². The van der Waals surface area contributed by atoms with Gasteiger partial charge in [-0.25, -0.2) is 0 Å². The fourth-order valence-corrected chi connectivity index (χ4v) is 3.77. The van der Waals surface area contributed by atoms with Crippen molar-refractivity contribution in [3.63, 3.8) is 0 Å². The highest BCUT2D eigenvalue weighted by atomic mass is 19.4. The van der Waals surface area contributed by atoms with Gasteiger partial charge in [-0.2, -0.15) is 13.2 Å². The number of likely N-dealkylation sites (tertiary alicyclic amines) is 1. The Morgan fingerprint density at radius 1 is 1.12 bits per heavy atom. The van der Waals surface area contributed by atoms with Crippen LogP contribution in [0.25, 0.3) is 0 Å². The first-order valence-electron chi connectivity index (χ1n) is 8.98. The molecule has 0 bridgehead atoms. The summed E-state index contributed by atoms with van der Waals surface area (Å²) in [5.74, 6) is 0.487. The smallest absolute Gasteiger partial charge is 0.342 e. The number of carbonyl (C=O) groups is 2. The largest absolute Gasteiger partial charge is 0.416 e. The Balaban J connectivity index is 1.53. The number of Topliss-reactive ketones (excluding diaryl/α,β-unsaturated/α-hetero) is 1. The Morgan fingerprint density at radius 3 is 2.35 bits per heavy atom. The van der Waals surface area contributed by atoms with Crippen molar-refractivity contribution in [3.8, 4) is 0 Å². The monoisotopic (exact) mass is 365 g/mol. The van der Waals surface area contributed by atoms with Crippen LogP contribution >= 0.6 is 0 Å². The van der Waals surface area contributed by atoms with Crippen LogP contribution in [0.15, 0.2) is 36.4 Å². The van der Waals surface area contributed by atoms with Gasteiger partial charge in [0.15, 0.2) is 0 Å². The molecular weight excluding hydrogens is 343 g/mol. The standard InChI is InChI=1S/C20H22F3NO2/c21-20(22,23)16-7-5-14(6-8-16)13-19(26)24-11-9-15(10-12-24)17-3-1-2-4-18(17)25/h1,3,5-8,15,17H,2,4,9-13H2. The second-order valence-electron chi connectivity index (χ2n) is 7.05. The molecule has 0 spiro atoms. The third-order valence-electron chi connectivity index (χ3n) is 5.31. The number of benzene rings is 1. The quantitative estimate of drug-likeness (QED) is 0.759. The normalized spacial score (nSPS) is 21.9. The summed E-state index contributed by atoms with van der Waals surface area (Å²) in [6.07, 6.45) is 2.82. The number of carbonyl (C=O) groups excluding carboxylic acids is 2. The third-order valence-corrected chi connectivity index (χ3v) is 5.31. The molecule has 0 saturated carbocycles. The highest BCUT2D eigenvalue weighted by Crippen LogP contribution is 2.31. The minimum absolute atomic E-state index is 0.0177. The van der Waals surface area contributed by atoms with E-state index in [9.17, 15) is 22.8 Å². The molecule has 0 radical (unpaired) electrons. The third kappa shape index (κ3) is 4.34. The molecule has 1 unspecified atom stereocenters. The van der Waals surface area contributed by atoms with Gasteiger partial charge in [0.25, 0.3) is 0 Å². The van der Waals surface area contributed by atoms with Crippen LogP contribution in [0.2, 0.25) is 0 Å². The summed E-state index contributed by atoms with van der Waals surface area (Å²) < 4.78 is 37.8. The van der Waals surface area contributed by atoms with Crippen molar-refractivity contribution < 1.29 is 22.8 Å². The molecule has 3 nitrogen and oxygen atoms in total. The molecule has 6 heteroatoms. The molecule has 1 atom stereocenters. The van der Waals surface area contributed by atoms with Gasteiger partial charge in [0, 0.05) is 25.4 Å². The maximum Gasteiger partial charge on any atom is 0.416 e. The zero-order valence-corrected chi connectivity index (χ0v) is 14.5. The number of rotatable bonds is 3. The Hall–Kier alpha value is -2.11. The van der Waals surface area contributed by atoms with E-state index in [-0.39, 0.29) is 24.2 Å². The average molecular weight is 365 g/mol. The van der Waals surface area contributed by atoms with E-state index < -0.39 is 11.7 Å². The van der Waals surface area contributed by atoms with Crippen LogP contribution < -0.4 is 0 Å². The number of hydrogen-bond acceptors (Lipinski definition) is 2. The number of ketones is 1. The molecule has 1 aliphatic carbocycles. The van der Waals surface area contributed by atoms with Crippen LogP contribution in [-0.4, -0.2) is 29.7 Å². The first kappa shape index (κ1) is 18.7. The van der Waals surface area contributed by atoms with Gasteiger partial charge in [-0.1, -0.05) is 24.3 Å². The van der Waals surface area contributed by atoms with Gasteiger partial charge in [0.05, 0.1) is 12.0 Å². The van der Waals surface area contributed by atoms with Crippen molar-refractivity contribution >= 4 is 11.7 Å². The van der Waals surface area contributed by atoms with Crippen molar-refractivity contribution in [2.45, 2.75) is 38.3 Å². The Morgan fingerprint density at radius 2 is 1.77 bits per heavy atom. The minimum Gasteiger partial charge on any atom is -0.342 e. The fourth-order valence-electron chi connectivity index (χ4n) is 3.77. The van der Waals surface area contributed by atoms with Crippen LogP contribution in [0.5, 0.6) is 0 Å². The summed E-state index contributed by atoms with van der Waals surface area (Å²) >= 11 is 0. The maximum atomic E-state index is 12.6. The first-order valence-corrected chi connectivity index (χ1v) is 8.98. The zero-order chi connectivity index (χ0) is 18.7. The van der Waals surface area contributed by atoms with Crippen molar-refractivity contribution in [2.24, 2.45) is 11.8 Å². The second-order valence-corrected chi connectivity index (χ2v) is 7.05. The van der Waals surface area contributed by atoms with E-state index in [2.05, 4.69) is 6.08 Å². The molecule has 1 heterocycles. The molecule has 1 aromatic rings. The van der Waals surface area contributed by atoms with Gasteiger partial charge >= 0.3 is 6.18 Å². The van der Waals surface area contributed by atoms with E-state index in [0.717, 1.165) is 31.4 Å². The predicted molar refractivity (Wildman–Crippen MR) is 91.3 cm³/mol. The number of alkyl halides is 3. The molecule has 0 aromatic heterocycles. The molecule has 1 fully saturated rings. The molecule has 26 heavy (non-hydrogen) atoms. The lowest BCUT2D eigenvalue weighted by Gasteiger charge is -2.35. The fraction of sp³-hybridized carbons (Fsp3) is 0.500. The van der Waals surface area contributed by atoms with Gasteiger partial charge in [0.1, 0.15) is 5.78 Å². The molecule has 1 amide bonds. The van der Waals surface area contributed by atoms with Crippen LogP contribution in [0.1, 0.15) is 36.8 Å². The summed E-state index contributed by atoms with van der Waals surface area (Å²) in [5.41, 5.74) is -0.129. The average Bonchev–Trinajstić information content (AvgIpc) is 2.62. The maximum absolute atomic E-state index is 12.6. The molecule has 1 saturated heterocycles. The van der Waals surface area contributed by atoms with Crippen LogP contribution in [0, 0.1) is 11.8 Å². The number of hydrogen-bond donors (Lipinski definition) is 0. The summed E-state index contributed by atoms with van der Waals surface area (Å²) in [7, 11) is 0. The molecule has 0 N–H and O–H groups in total. The van der Waals surface area contributed by atoms with E-state index >= 15 is 0 Å². The topological polar surface area (TPSA) is 37.4 Å². The Bertz CT molecular complexity index is 686. The van der Waals surface area contributed by atoms with E-state index in [0.29, 0.717) is 30.9 Å². The molecule has 3 rings (SSSR count). The summed E-state index contributed by atoms with van der Waals surface area (Å²) in [5, 5.41) is 0. The summed E-state index contributed by atoms with van der Waals surface area (Å²) in [6.45, 7) is 1.20. The van der Waals surface area contributed by atoms with E-state index in [1.807, 2.05) is 6.08 Å². The van der Waals surface area contributed by atoms with E-state index in [1.165, 1.54) is 12.1 Å². The van der Waals surface area contributed by atoms with Crippen molar-refractivity contribution in [3.05, 3.63) is 47.5 Å². The highest BCUT2D eigenvalue weighted by Gasteiger charge is 2.32. The second kappa shape index (κ2) is 7.64. The lowest BCUT2D eigenvalue weighted by Crippen LogP contribution is -2.41. The number of piperidine rings is 1.